The summed E-state index contributed by atoms with van der Waals surface area (Å²) in [6, 6.07) is 5.00. The van der Waals surface area contributed by atoms with Crippen LogP contribution in [-0.4, -0.2) is 30.4 Å². The Kier molecular flexibility index (Phi) is 3.11. The van der Waals surface area contributed by atoms with E-state index in [1.165, 1.54) is 13.2 Å². The van der Waals surface area contributed by atoms with Crippen LogP contribution in [0.1, 0.15) is 0 Å². The summed E-state index contributed by atoms with van der Waals surface area (Å²) < 4.78 is 25.5. The van der Waals surface area contributed by atoms with Gasteiger partial charge >= 0.3 is 0 Å². The lowest BCUT2D eigenvalue weighted by Gasteiger charge is -2.17. The molecule has 0 saturated heterocycles. The Balaban J connectivity index is 2.40. The molecule has 2 heterocycles. The van der Waals surface area contributed by atoms with Crippen LogP contribution in [0, 0.1) is 0 Å². The lowest BCUT2D eigenvalue weighted by atomic mass is 10.5. The van der Waals surface area contributed by atoms with E-state index in [-0.39, 0.29) is 10.8 Å². The van der Waals surface area contributed by atoms with Gasteiger partial charge in [0.15, 0.2) is 0 Å². The van der Waals surface area contributed by atoms with E-state index in [2.05, 4.69) is 15.0 Å². The summed E-state index contributed by atoms with van der Waals surface area (Å²) in [6.45, 7) is 0. The normalized spacial score (nSPS) is 11.2. The summed E-state index contributed by atoms with van der Waals surface area (Å²) in [4.78, 5) is 11.3. The van der Waals surface area contributed by atoms with E-state index in [0.717, 1.165) is 16.7 Å². The van der Waals surface area contributed by atoms with Gasteiger partial charge in [-0.05, 0) is 12.1 Å². The molecule has 0 aliphatic heterocycles. The van der Waals surface area contributed by atoms with Crippen molar-refractivity contribution in [2.75, 3.05) is 17.1 Å². The second-order valence-corrected chi connectivity index (χ2v) is 5.41. The van der Waals surface area contributed by atoms with Gasteiger partial charge < -0.3 is 5.73 Å². The molecule has 0 spiro atoms. The molecule has 0 aromatic carbocycles. The van der Waals surface area contributed by atoms with Crippen molar-refractivity contribution in [3.8, 4) is 0 Å². The van der Waals surface area contributed by atoms with Crippen LogP contribution < -0.4 is 10.0 Å². The first kappa shape index (κ1) is 12.2. The van der Waals surface area contributed by atoms with Gasteiger partial charge in [0.25, 0.3) is 10.0 Å². The highest BCUT2D eigenvalue weighted by molar-refractivity contribution is 7.92. The molecule has 8 heteroatoms. The first-order valence-corrected chi connectivity index (χ1v) is 6.43. The Morgan fingerprint density at radius 2 is 1.83 bits per heavy atom. The van der Waals surface area contributed by atoms with Gasteiger partial charge in [-0.2, -0.15) is 0 Å². The van der Waals surface area contributed by atoms with Crippen molar-refractivity contribution in [2.45, 2.75) is 4.90 Å². The predicted molar refractivity (Wildman–Crippen MR) is 66.3 cm³/mol. The van der Waals surface area contributed by atoms with Crippen LogP contribution in [0.5, 0.6) is 0 Å². The molecule has 0 radical (unpaired) electrons. The molecule has 0 amide bonds. The van der Waals surface area contributed by atoms with Gasteiger partial charge in [-0.3, -0.25) is 4.31 Å². The van der Waals surface area contributed by atoms with Crippen LogP contribution in [0.25, 0.3) is 0 Å². The average molecular weight is 265 g/mol. The number of nitrogens with zero attached hydrogens (tertiary/aromatic N) is 4. The minimum Gasteiger partial charge on any atom is -0.368 e. The lowest BCUT2D eigenvalue weighted by molar-refractivity contribution is 0.593. The van der Waals surface area contributed by atoms with E-state index >= 15 is 0 Å². The largest absolute Gasteiger partial charge is 0.368 e. The molecule has 2 N–H and O–H groups in total. The quantitative estimate of drug-likeness (QED) is 0.855. The zero-order valence-corrected chi connectivity index (χ0v) is 10.4. The highest BCUT2D eigenvalue weighted by Crippen LogP contribution is 2.18. The summed E-state index contributed by atoms with van der Waals surface area (Å²) in [5, 5.41) is 0. The summed E-state index contributed by atoms with van der Waals surface area (Å²) in [6.07, 6.45) is 3.84. The van der Waals surface area contributed by atoms with Gasteiger partial charge in [0, 0.05) is 13.2 Å². The van der Waals surface area contributed by atoms with Crippen molar-refractivity contribution in [2.24, 2.45) is 0 Å². The number of sulfonamides is 1. The zero-order valence-electron chi connectivity index (χ0n) is 9.56. The summed E-state index contributed by atoms with van der Waals surface area (Å²) in [5.74, 6) is 0.337. The third-order valence-electron chi connectivity index (χ3n) is 2.28. The Bertz CT molecular complexity index is 627. The number of hydrogen-bond acceptors (Lipinski definition) is 6. The number of rotatable bonds is 3. The fraction of sp³-hybridized carbons (Fsp3) is 0.100. The predicted octanol–water partition coefficient (Wildman–Crippen LogP) is 0.279. The third kappa shape index (κ3) is 2.23. The summed E-state index contributed by atoms with van der Waals surface area (Å²) in [5.41, 5.74) is 5.31. The molecule has 0 fully saturated rings. The molecule has 0 atom stereocenters. The Morgan fingerprint density at radius 1 is 1.17 bits per heavy atom. The van der Waals surface area contributed by atoms with E-state index < -0.39 is 10.0 Å². The summed E-state index contributed by atoms with van der Waals surface area (Å²) in [7, 11) is -2.31. The van der Waals surface area contributed by atoms with Crippen molar-refractivity contribution >= 4 is 21.8 Å². The van der Waals surface area contributed by atoms with Gasteiger partial charge in [-0.25, -0.2) is 23.4 Å². The highest BCUT2D eigenvalue weighted by atomic mass is 32.2. The van der Waals surface area contributed by atoms with Crippen LogP contribution in [0.3, 0.4) is 0 Å². The van der Waals surface area contributed by atoms with Gasteiger partial charge in [0.2, 0.25) is 5.95 Å². The van der Waals surface area contributed by atoms with Crippen LogP contribution in [0.15, 0.2) is 41.7 Å². The van der Waals surface area contributed by atoms with Crippen molar-refractivity contribution in [3.05, 3.63) is 36.8 Å². The molecule has 7 nitrogen and oxygen atoms in total. The van der Waals surface area contributed by atoms with E-state index in [1.54, 1.807) is 18.2 Å². The molecule has 0 aliphatic rings. The van der Waals surface area contributed by atoms with Crippen LogP contribution in [0.4, 0.5) is 11.8 Å². The third-order valence-corrected chi connectivity index (χ3v) is 3.99. The second-order valence-electron chi connectivity index (χ2n) is 3.44. The van der Waals surface area contributed by atoms with Crippen LogP contribution >= 0.6 is 0 Å². The molecule has 2 rings (SSSR count). The maximum absolute atomic E-state index is 12.2. The average Bonchev–Trinajstić information content (AvgIpc) is 2.39. The van der Waals surface area contributed by atoms with E-state index in [9.17, 15) is 8.42 Å². The molecule has 0 bridgehead atoms. The van der Waals surface area contributed by atoms with E-state index in [1.807, 2.05) is 0 Å². The zero-order chi connectivity index (χ0) is 13.2. The first-order valence-electron chi connectivity index (χ1n) is 4.99. The molecule has 0 saturated carbocycles. The fourth-order valence-corrected chi connectivity index (χ4v) is 2.32. The molecule has 0 aliphatic carbocycles. The number of pyridine rings is 1. The van der Waals surface area contributed by atoms with Gasteiger partial charge in [-0.15, -0.1) is 0 Å². The smallest absolute Gasteiger partial charge is 0.268 e. The Morgan fingerprint density at radius 3 is 2.39 bits per heavy atom. The SMILES string of the molecule is CN(c1ccccn1)S(=O)(=O)c1cnc(N)nc1. The molecule has 18 heavy (non-hydrogen) atoms. The number of nitrogen functional groups attached to an aromatic ring is 1. The van der Waals surface area contributed by atoms with Gasteiger partial charge in [0.05, 0.1) is 12.4 Å². The number of aromatic nitrogens is 3. The molecule has 2 aromatic heterocycles. The number of nitrogens with two attached hydrogens (primary N) is 1. The molecular formula is C10H11N5O2S. The van der Waals surface area contributed by atoms with Crippen molar-refractivity contribution < 1.29 is 8.42 Å². The second kappa shape index (κ2) is 4.57. The minimum atomic E-state index is -3.72. The maximum Gasteiger partial charge on any atom is 0.268 e. The van der Waals surface area contributed by atoms with E-state index in [4.69, 9.17) is 5.73 Å². The van der Waals surface area contributed by atoms with Crippen LogP contribution in [-0.2, 0) is 10.0 Å². The topological polar surface area (TPSA) is 102 Å². The maximum atomic E-state index is 12.2. The van der Waals surface area contributed by atoms with Crippen molar-refractivity contribution in [1.82, 2.24) is 15.0 Å². The lowest BCUT2D eigenvalue weighted by Crippen LogP contribution is -2.27. The van der Waals surface area contributed by atoms with Crippen LogP contribution in [0.2, 0.25) is 0 Å². The van der Waals surface area contributed by atoms with Gasteiger partial charge in [-0.1, -0.05) is 6.07 Å². The van der Waals surface area contributed by atoms with Crippen molar-refractivity contribution in [1.29, 1.82) is 0 Å². The standard InChI is InChI=1S/C10H11N5O2S/c1-15(9-4-2-3-5-12-9)18(16,17)8-6-13-10(11)14-7-8/h2-7H,1H3,(H2,11,13,14). The Hall–Kier alpha value is -2.22. The monoisotopic (exact) mass is 265 g/mol. The number of hydrogen-bond donors (Lipinski definition) is 1. The van der Waals surface area contributed by atoms with Crippen molar-refractivity contribution in [3.63, 3.8) is 0 Å². The molecule has 2 aromatic rings. The number of anilines is 2. The molecular weight excluding hydrogens is 254 g/mol. The Labute approximate surface area is 104 Å². The fourth-order valence-electron chi connectivity index (χ4n) is 1.28. The summed E-state index contributed by atoms with van der Waals surface area (Å²) >= 11 is 0. The first-order chi connectivity index (χ1) is 8.51. The minimum absolute atomic E-state index is 0.0226. The highest BCUT2D eigenvalue weighted by Gasteiger charge is 2.22. The van der Waals surface area contributed by atoms with Gasteiger partial charge in [0.1, 0.15) is 10.7 Å². The van der Waals surface area contributed by atoms with E-state index in [0.29, 0.717) is 5.82 Å². The molecule has 0 unspecified atom stereocenters. The molecule has 94 valence electrons.